The smallest absolute Gasteiger partial charge is 0.253 e. The minimum atomic E-state index is 0.101. The Morgan fingerprint density at radius 2 is 1.62 bits per heavy atom. The molecule has 1 aliphatic carbocycles. The molecule has 0 N–H and O–H groups in total. The molecule has 2 aromatic rings. The van der Waals surface area contributed by atoms with Gasteiger partial charge in [-0.3, -0.25) is 9.59 Å². The number of carbonyl (C=O) groups is 2. The van der Waals surface area contributed by atoms with Crippen molar-refractivity contribution in [2.75, 3.05) is 13.1 Å². The second kappa shape index (κ2) is 6.23. The van der Waals surface area contributed by atoms with Crippen LogP contribution in [0.2, 0.25) is 0 Å². The molecule has 0 spiro atoms. The number of hydrogen-bond acceptors (Lipinski definition) is 2. The molecule has 0 aromatic heterocycles. The Morgan fingerprint density at radius 3 is 2.38 bits per heavy atom. The fraction of sp³-hybridized carbons (Fsp3) is 0.333. The Balaban J connectivity index is 1.43. The number of fused-ring (bicyclic) bond motifs is 1. The lowest BCUT2D eigenvalue weighted by Crippen LogP contribution is -2.37. The molecule has 3 nitrogen and oxygen atoms in total. The fourth-order valence-corrected chi connectivity index (χ4v) is 3.91. The van der Waals surface area contributed by atoms with Gasteiger partial charge in [-0.2, -0.15) is 0 Å². The third-order valence-electron chi connectivity index (χ3n) is 5.28. The van der Waals surface area contributed by atoms with Gasteiger partial charge in [-0.25, -0.2) is 0 Å². The molecule has 122 valence electrons. The number of piperidine rings is 1. The average molecular weight is 319 g/mol. The summed E-state index contributed by atoms with van der Waals surface area (Å²) in [5.41, 5.74) is 4.21. The van der Waals surface area contributed by atoms with Crippen LogP contribution in [0.5, 0.6) is 0 Å². The van der Waals surface area contributed by atoms with Gasteiger partial charge in [0.2, 0.25) is 0 Å². The van der Waals surface area contributed by atoms with Gasteiger partial charge in [0.05, 0.1) is 0 Å². The molecule has 0 atom stereocenters. The Morgan fingerprint density at radius 1 is 0.917 bits per heavy atom. The van der Waals surface area contributed by atoms with Crippen LogP contribution in [0.3, 0.4) is 0 Å². The molecule has 1 amide bonds. The number of nitrogens with zero attached hydrogens (tertiary/aromatic N) is 1. The van der Waals surface area contributed by atoms with Crippen LogP contribution in [0.15, 0.2) is 48.5 Å². The van der Waals surface area contributed by atoms with Crippen molar-refractivity contribution >= 4 is 11.7 Å². The van der Waals surface area contributed by atoms with Crippen LogP contribution in [0.1, 0.15) is 45.8 Å². The van der Waals surface area contributed by atoms with Gasteiger partial charge in [-0.15, -0.1) is 0 Å². The van der Waals surface area contributed by atoms with Gasteiger partial charge in [0.15, 0.2) is 0 Å². The first-order valence-electron chi connectivity index (χ1n) is 8.68. The molecular formula is C21H21NO2. The van der Waals surface area contributed by atoms with E-state index in [0.717, 1.165) is 42.6 Å². The summed E-state index contributed by atoms with van der Waals surface area (Å²) in [6.45, 7) is 1.60. The van der Waals surface area contributed by atoms with Crippen LogP contribution in [0.4, 0.5) is 0 Å². The minimum Gasteiger partial charge on any atom is -0.339 e. The standard InChI is InChI=1S/C21H21NO2/c23-20-13-17-6-7-18(12-19(17)14-20)21(24)22-10-8-16(9-11-22)15-4-2-1-3-5-15/h1-7,12,16H,8-11,13-14H2. The van der Waals surface area contributed by atoms with Crippen molar-refractivity contribution in [3.05, 3.63) is 70.8 Å². The van der Waals surface area contributed by atoms with Crippen molar-refractivity contribution in [2.24, 2.45) is 0 Å². The van der Waals surface area contributed by atoms with E-state index in [2.05, 4.69) is 24.3 Å². The monoisotopic (exact) mass is 319 g/mol. The predicted molar refractivity (Wildman–Crippen MR) is 93.2 cm³/mol. The quantitative estimate of drug-likeness (QED) is 0.851. The van der Waals surface area contributed by atoms with E-state index in [1.807, 2.05) is 29.2 Å². The Bertz CT molecular complexity index is 774. The molecule has 0 saturated carbocycles. The van der Waals surface area contributed by atoms with Crippen LogP contribution >= 0.6 is 0 Å². The lowest BCUT2D eigenvalue weighted by atomic mass is 9.89. The van der Waals surface area contributed by atoms with E-state index in [4.69, 9.17) is 0 Å². The SMILES string of the molecule is O=C1Cc2ccc(C(=O)N3CCC(c4ccccc4)CC3)cc2C1. The molecule has 24 heavy (non-hydrogen) atoms. The molecule has 1 fully saturated rings. The van der Waals surface area contributed by atoms with Crippen molar-refractivity contribution in [1.82, 2.24) is 4.90 Å². The van der Waals surface area contributed by atoms with Crippen molar-refractivity contribution in [3.63, 3.8) is 0 Å². The van der Waals surface area contributed by atoms with Gasteiger partial charge in [-0.05, 0) is 47.6 Å². The zero-order valence-electron chi connectivity index (χ0n) is 13.7. The van der Waals surface area contributed by atoms with E-state index in [1.165, 1.54) is 5.56 Å². The summed E-state index contributed by atoms with van der Waals surface area (Å²) in [4.78, 5) is 26.3. The molecule has 1 heterocycles. The summed E-state index contributed by atoms with van der Waals surface area (Å²) in [6.07, 6.45) is 3.02. The molecular weight excluding hydrogens is 298 g/mol. The number of Topliss-reactive ketones (excluding diaryl/α,β-unsaturated/α-hetero) is 1. The zero-order chi connectivity index (χ0) is 16.5. The molecule has 3 heteroatoms. The lowest BCUT2D eigenvalue weighted by Gasteiger charge is -2.32. The summed E-state index contributed by atoms with van der Waals surface area (Å²) in [5, 5.41) is 0. The van der Waals surface area contributed by atoms with Gasteiger partial charge in [0.1, 0.15) is 5.78 Å². The molecule has 1 saturated heterocycles. The Labute approximate surface area is 142 Å². The maximum Gasteiger partial charge on any atom is 0.253 e. The second-order valence-electron chi connectivity index (χ2n) is 6.85. The fourth-order valence-electron chi connectivity index (χ4n) is 3.91. The van der Waals surface area contributed by atoms with E-state index < -0.39 is 0 Å². The number of carbonyl (C=O) groups excluding carboxylic acids is 2. The van der Waals surface area contributed by atoms with Crippen molar-refractivity contribution in [1.29, 1.82) is 0 Å². The first-order valence-corrected chi connectivity index (χ1v) is 8.68. The maximum atomic E-state index is 12.8. The van der Waals surface area contributed by atoms with E-state index in [9.17, 15) is 9.59 Å². The van der Waals surface area contributed by atoms with E-state index in [0.29, 0.717) is 18.8 Å². The maximum absolute atomic E-state index is 12.8. The first kappa shape index (κ1) is 15.1. The highest BCUT2D eigenvalue weighted by Crippen LogP contribution is 2.29. The highest BCUT2D eigenvalue weighted by molar-refractivity contribution is 5.96. The predicted octanol–water partition coefficient (Wildman–Crippen LogP) is 3.37. The summed E-state index contributed by atoms with van der Waals surface area (Å²) in [6, 6.07) is 16.3. The van der Waals surface area contributed by atoms with E-state index in [-0.39, 0.29) is 11.7 Å². The summed E-state index contributed by atoms with van der Waals surface area (Å²) in [7, 11) is 0. The third-order valence-corrected chi connectivity index (χ3v) is 5.28. The number of rotatable bonds is 2. The van der Waals surface area contributed by atoms with Gasteiger partial charge >= 0.3 is 0 Å². The summed E-state index contributed by atoms with van der Waals surface area (Å²) >= 11 is 0. The second-order valence-corrected chi connectivity index (χ2v) is 6.85. The first-order chi connectivity index (χ1) is 11.7. The summed E-state index contributed by atoms with van der Waals surface area (Å²) < 4.78 is 0. The topological polar surface area (TPSA) is 37.4 Å². The molecule has 4 rings (SSSR count). The van der Waals surface area contributed by atoms with Crippen LogP contribution in [0, 0.1) is 0 Å². The van der Waals surface area contributed by atoms with Gasteiger partial charge in [-0.1, -0.05) is 36.4 Å². The number of benzene rings is 2. The summed E-state index contributed by atoms with van der Waals surface area (Å²) in [5.74, 6) is 0.898. The van der Waals surface area contributed by atoms with Crippen LogP contribution < -0.4 is 0 Å². The van der Waals surface area contributed by atoms with Crippen LogP contribution in [0.25, 0.3) is 0 Å². The van der Waals surface area contributed by atoms with Gasteiger partial charge in [0.25, 0.3) is 5.91 Å². The average Bonchev–Trinajstić information content (AvgIpc) is 3.01. The molecule has 2 aliphatic rings. The highest BCUT2D eigenvalue weighted by Gasteiger charge is 2.26. The Kier molecular flexibility index (Phi) is 3.93. The lowest BCUT2D eigenvalue weighted by molar-refractivity contribution is -0.117. The molecule has 1 aliphatic heterocycles. The largest absolute Gasteiger partial charge is 0.339 e. The Hall–Kier alpha value is -2.42. The molecule has 0 bridgehead atoms. The minimum absolute atomic E-state index is 0.101. The van der Waals surface area contributed by atoms with Crippen molar-refractivity contribution in [2.45, 2.75) is 31.6 Å². The number of ketones is 1. The van der Waals surface area contributed by atoms with Crippen molar-refractivity contribution < 1.29 is 9.59 Å². The normalized spacial score (nSPS) is 17.8. The molecule has 0 unspecified atom stereocenters. The highest BCUT2D eigenvalue weighted by atomic mass is 16.2. The van der Waals surface area contributed by atoms with E-state index >= 15 is 0 Å². The van der Waals surface area contributed by atoms with Gasteiger partial charge in [0, 0.05) is 31.5 Å². The van der Waals surface area contributed by atoms with Gasteiger partial charge < -0.3 is 4.90 Å². The van der Waals surface area contributed by atoms with Crippen LogP contribution in [-0.2, 0) is 17.6 Å². The third kappa shape index (κ3) is 2.86. The molecule has 0 radical (unpaired) electrons. The molecule has 2 aromatic carbocycles. The van der Waals surface area contributed by atoms with Crippen molar-refractivity contribution in [3.8, 4) is 0 Å². The van der Waals surface area contributed by atoms with E-state index in [1.54, 1.807) is 0 Å². The number of likely N-dealkylation sites (tertiary alicyclic amines) is 1. The zero-order valence-corrected chi connectivity index (χ0v) is 13.7. The number of hydrogen-bond donors (Lipinski definition) is 0. The number of amides is 1. The van der Waals surface area contributed by atoms with Crippen LogP contribution in [-0.4, -0.2) is 29.7 Å².